The highest BCUT2D eigenvalue weighted by Gasteiger charge is 2.25. The fraction of sp³-hybridized carbons (Fsp3) is 0.875. The lowest BCUT2D eigenvalue weighted by Gasteiger charge is -2.33. The van der Waals surface area contributed by atoms with Crippen LogP contribution in [0, 0.1) is 17.8 Å². The number of rotatable bonds is 16. The smallest absolute Gasteiger partial charge is 0.229 e. The van der Waals surface area contributed by atoms with Gasteiger partial charge < -0.3 is 4.90 Å². The molecule has 0 aromatic rings. The Balaban J connectivity index is 5.23. The molecule has 3 atom stereocenters. The number of amides is 1. The minimum absolute atomic E-state index is 0.0670. The molecule has 0 rings (SSSR count). The minimum Gasteiger partial charge on any atom is -0.342 e. The van der Waals surface area contributed by atoms with Crippen LogP contribution in [0.3, 0.4) is 0 Å². The van der Waals surface area contributed by atoms with Gasteiger partial charge in [0.15, 0.2) is 0 Å². The van der Waals surface area contributed by atoms with Gasteiger partial charge in [0.05, 0.1) is 5.92 Å². The van der Waals surface area contributed by atoms with Crippen molar-refractivity contribution in [3.63, 3.8) is 0 Å². The lowest BCUT2D eigenvalue weighted by atomic mass is 9.93. The van der Waals surface area contributed by atoms with Crippen LogP contribution in [0.2, 0.25) is 0 Å². The molecule has 0 aliphatic rings. The molecular weight excluding hydrogens is 318 g/mol. The number of hydrogen-bond donors (Lipinski definition) is 0. The third kappa shape index (κ3) is 10.4. The van der Waals surface area contributed by atoms with Crippen LogP contribution in [0.4, 0.5) is 0 Å². The first-order valence-corrected chi connectivity index (χ1v) is 11.5. The van der Waals surface area contributed by atoms with Crippen molar-refractivity contribution in [1.29, 1.82) is 0 Å². The monoisotopic (exact) mass is 365 g/mol. The highest BCUT2D eigenvalue weighted by molar-refractivity contribution is 5.80. The fourth-order valence-corrected chi connectivity index (χ4v) is 3.79. The molecule has 0 aliphatic heterocycles. The van der Waals surface area contributed by atoms with Crippen molar-refractivity contribution in [2.45, 2.75) is 106 Å². The van der Waals surface area contributed by atoms with Gasteiger partial charge in [0.25, 0.3) is 0 Å². The first kappa shape index (κ1) is 25.2. The summed E-state index contributed by atoms with van der Waals surface area (Å²) in [6, 6.07) is 0. The zero-order valence-corrected chi connectivity index (χ0v) is 18.7. The summed E-state index contributed by atoms with van der Waals surface area (Å²) in [5.74, 6) is 1.73. The van der Waals surface area contributed by atoms with Crippen LogP contribution in [0.5, 0.6) is 0 Å². The van der Waals surface area contributed by atoms with Crippen LogP contribution in [0.15, 0.2) is 12.2 Å². The van der Waals surface area contributed by atoms with E-state index in [1.807, 2.05) is 6.92 Å². The van der Waals surface area contributed by atoms with Crippen molar-refractivity contribution in [3.05, 3.63) is 12.2 Å². The molecule has 0 saturated heterocycles. The molecule has 0 bridgehead atoms. The predicted molar refractivity (Wildman–Crippen MR) is 116 cm³/mol. The van der Waals surface area contributed by atoms with E-state index in [1.165, 1.54) is 51.4 Å². The second kappa shape index (κ2) is 16.4. The van der Waals surface area contributed by atoms with Crippen LogP contribution in [-0.4, -0.2) is 23.9 Å². The summed E-state index contributed by atoms with van der Waals surface area (Å²) < 4.78 is 0. The van der Waals surface area contributed by atoms with Gasteiger partial charge in [-0.05, 0) is 38.0 Å². The number of carbonyl (C=O) groups excluding carboxylic acids is 1. The molecule has 0 N–H and O–H groups in total. The van der Waals surface area contributed by atoms with Gasteiger partial charge in [0.2, 0.25) is 5.91 Å². The van der Waals surface area contributed by atoms with E-state index < -0.39 is 0 Å². The Hall–Kier alpha value is -0.790. The molecule has 2 heteroatoms. The second-order valence-electron chi connectivity index (χ2n) is 8.00. The van der Waals surface area contributed by atoms with Crippen LogP contribution < -0.4 is 0 Å². The quantitative estimate of drug-likeness (QED) is 0.264. The summed E-state index contributed by atoms with van der Waals surface area (Å²) in [6.07, 6.45) is 16.1. The third-order valence-corrected chi connectivity index (χ3v) is 5.70. The van der Waals surface area contributed by atoms with Crippen molar-refractivity contribution >= 4 is 5.91 Å². The first-order chi connectivity index (χ1) is 12.6. The Bertz CT molecular complexity index is 345. The third-order valence-electron chi connectivity index (χ3n) is 5.70. The topological polar surface area (TPSA) is 20.3 Å². The highest BCUT2D eigenvalue weighted by Crippen LogP contribution is 2.22. The zero-order chi connectivity index (χ0) is 19.8. The summed E-state index contributed by atoms with van der Waals surface area (Å²) in [6.45, 7) is 15.2. The van der Waals surface area contributed by atoms with E-state index >= 15 is 0 Å². The molecular formula is C24H47NO. The van der Waals surface area contributed by atoms with Crippen molar-refractivity contribution < 1.29 is 4.79 Å². The van der Waals surface area contributed by atoms with Crippen molar-refractivity contribution in [3.8, 4) is 0 Å². The molecule has 0 heterocycles. The van der Waals surface area contributed by atoms with Crippen LogP contribution >= 0.6 is 0 Å². The Labute approximate surface area is 164 Å². The number of nitrogens with zero attached hydrogens (tertiary/aromatic N) is 1. The maximum atomic E-state index is 13.3. The van der Waals surface area contributed by atoms with Crippen molar-refractivity contribution in [2.75, 3.05) is 13.1 Å². The molecule has 0 fully saturated rings. The van der Waals surface area contributed by atoms with Gasteiger partial charge in [-0.1, -0.05) is 91.7 Å². The first-order valence-electron chi connectivity index (χ1n) is 11.5. The van der Waals surface area contributed by atoms with E-state index in [0.29, 0.717) is 17.7 Å². The summed E-state index contributed by atoms with van der Waals surface area (Å²) in [4.78, 5) is 15.6. The molecule has 0 radical (unpaired) electrons. The molecule has 0 aromatic heterocycles. The predicted octanol–water partition coefficient (Wildman–Crippen LogP) is 7.24. The fourth-order valence-electron chi connectivity index (χ4n) is 3.79. The van der Waals surface area contributed by atoms with E-state index in [2.05, 4.69) is 51.7 Å². The molecule has 154 valence electrons. The van der Waals surface area contributed by atoms with Gasteiger partial charge in [-0.3, -0.25) is 4.79 Å². The van der Waals surface area contributed by atoms with Gasteiger partial charge in [0.1, 0.15) is 0 Å². The van der Waals surface area contributed by atoms with E-state index in [4.69, 9.17) is 0 Å². The minimum atomic E-state index is 0.0670. The molecule has 0 spiro atoms. The van der Waals surface area contributed by atoms with Crippen molar-refractivity contribution in [2.24, 2.45) is 17.8 Å². The molecule has 26 heavy (non-hydrogen) atoms. The lowest BCUT2D eigenvalue weighted by molar-refractivity contribution is -0.135. The Morgan fingerprint density at radius 1 is 0.808 bits per heavy atom. The Kier molecular flexibility index (Phi) is 15.9. The van der Waals surface area contributed by atoms with Gasteiger partial charge >= 0.3 is 0 Å². The van der Waals surface area contributed by atoms with E-state index in [0.717, 1.165) is 25.9 Å². The van der Waals surface area contributed by atoms with Crippen LogP contribution in [0.25, 0.3) is 0 Å². The molecule has 3 unspecified atom stereocenters. The lowest BCUT2D eigenvalue weighted by Crippen LogP contribution is -2.42. The van der Waals surface area contributed by atoms with Gasteiger partial charge in [0, 0.05) is 13.1 Å². The van der Waals surface area contributed by atoms with Gasteiger partial charge in [-0.2, -0.15) is 0 Å². The number of unbranched alkanes of at least 4 members (excludes halogenated alkanes) is 2. The average molecular weight is 366 g/mol. The SMILES string of the molecule is C/C=C\C(CCC)C(=O)N(CC(CC)CCCC)CC(CC)CCCC. The number of allylic oxidation sites excluding steroid dienone is 1. The normalized spacial score (nSPS) is 15.2. The number of carbonyl (C=O) groups is 1. The molecule has 1 amide bonds. The van der Waals surface area contributed by atoms with Crippen LogP contribution in [-0.2, 0) is 4.79 Å². The summed E-state index contributed by atoms with van der Waals surface area (Å²) in [5, 5.41) is 0. The molecule has 0 aliphatic carbocycles. The summed E-state index contributed by atoms with van der Waals surface area (Å²) in [5.41, 5.74) is 0. The molecule has 0 saturated carbocycles. The average Bonchev–Trinajstić information content (AvgIpc) is 2.66. The Morgan fingerprint density at radius 2 is 1.31 bits per heavy atom. The molecule has 0 aromatic carbocycles. The van der Waals surface area contributed by atoms with Crippen LogP contribution in [0.1, 0.15) is 106 Å². The highest BCUT2D eigenvalue weighted by atomic mass is 16.2. The maximum absolute atomic E-state index is 13.3. The molecule has 2 nitrogen and oxygen atoms in total. The van der Waals surface area contributed by atoms with E-state index in [9.17, 15) is 4.79 Å². The summed E-state index contributed by atoms with van der Waals surface area (Å²) >= 11 is 0. The standard InChI is InChI=1S/C24H47NO/c1-7-13-17-21(11-5)19-25(20-22(12-6)18-14-8-2)24(26)23(15-9-3)16-10-4/h9,15,21-23H,7-8,10-14,16-20H2,1-6H3/b15-9-. The van der Waals surface area contributed by atoms with Gasteiger partial charge in [-0.15, -0.1) is 0 Å². The maximum Gasteiger partial charge on any atom is 0.229 e. The Morgan fingerprint density at radius 3 is 1.65 bits per heavy atom. The van der Waals surface area contributed by atoms with E-state index in [-0.39, 0.29) is 5.92 Å². The van der Waals surface area contributed by atoms with E-state index in [1.54, 1.807) is 0 Å². The largest absolute Gasteiger partial charge is 0.342 e. The van der Waals surface area contributed by atoms with Gasteiger partial charge in [-0.25, -0.2) is 0 Å². The van der Waals surface area contributed by atoms with Crippen molar-refractivity contribution in [1.82, 2.24) is 4.90 Å². The summed E-state index contributed by atoms with van der Waals surface area (Å²) in [7, 11) is 0. The zero-order valence-electron chi connectivity index (χ0n) is 18.7. The number of hydrogen-bond acceptors (Lipinski definition) is 1. The second-order valence-corrected chi connectivity index (χ2v) is 8.00.